The first-order valence-corrected chi connectivity index (χ1v) is 4.25. The number of pyridine rings is 1. The number of rotatable bonds is 4. The first-order valence-electron chi connectivity index (χ1n) is 4.25. The predicted octanol–water partition coefficient (Wildman–Crippen LogP) is 2.09. The van der Waals surface area contributed by atoms with Crippen LogP contribution in [0.3, 0.4) is 0 Å². The van der Waals surface area contributed by atoms with Crippen molar-refractivity contribution in [1.29, 1.82) is 0 Å². The second kappa shape index (κ2) is 4.21. The molecule has 0 aromatic carbocycles. The number of aromatic nitrogens is 1. The zero-order chi connectivity index (χ0) is 10.6. The van der Waals surface area contributed by atoms with Gasteiger partial charge in [-0.15, -0.1) is 0 Å². The Kier molecular flexibility index (Phi) is 3.22. The first kappa shape index (κ1) is 10.7. The van der Waals surface area contributed by atoms with Crippen LogP contribution in [0, 0.1) is 0 Å². The molecule has 1 rings (SSSR count). The van der Waals surface area contributed by atoms with Crippen molar-refractivity contribution in [2.45, 2.75) is 19.3 Å². The zero-order valence-electron chi connectivity index (χ0n) is 7.84. The fourth-order valence-electron chi connectivity index (χ4n) is 0.759. The number of alkyl halides is 2. The maximum atomic E-state index is 12.7. The zero-order valence-corrected chi connectivity index (χ0v) is 7.84. The molecule has 0 radical (unpaired) electrons. The van der Waals surface area contributed by atoms with Crippen LogP contribution in [0.2, 0.25) is 0 Å². The number of hydrogen-bond acceptors (Lipinski definition) is 3. The van der Waals surface area contributed by atoms with E-state index in [2.05, 4.69) is 4.98 Å². The van der Waals surface area contributed by atoms with E-state index in [4.69, 9.17) is 10.5 Å². The van der Waals surface area contributed by atoms with E-state index in [9.17, 15) is 8.78 Å². The van der Waals surface area contributed by atoms with Crippen molar-refractivity contribution in [1.82, 2.24) is 4.98 Å². The van der Waals surface area contributed by atoms with Crippen LogP contribution in [-0.4, -0.2) is 17.5 Å². The summed E-state index contributed by atoms with van der Waals surface area (Å²) in [5, 5.41) is 0. The van der Waals surface area contributed by atoms with Crippen LogP contribution in [-0.2, 0) is 0 Å². The lowest BCUT2D eigenvalue weighted by Crippen LogP contribution is -2.24. The molecule has 0 saturated heterocycles. The molecule has 78 valence electrons. The standard InChI is InChI=1S/C9H12F2N2O/c1-2-9(10,11)6-14-8-4-3-7(12)5-13-8/h3-5H,2,6,12H2,1H3. The Bertz CT molecular complexity index is 287. The second-order valence-corrected chi connectivity index (χ2v) is 2.93. The van der Waals surface area contributed by atoms with Gasteiger partial charge in [-0.1, -0.05) is 6.92 Å². The minimum Gasteiger partial charge on any atom is -0.471 e. The van der Waals surface area contributed by atoms with Gasteiger partial charge in [-0.05, 0) is 6.07 Å². The van der Waals surface area contributed by atoms with Gasteiger partial charge in [-0.2, -0.15) is 0 Å². The molecule has 0 atom stereocenters. The van der Waals surface area contributed by atoms with Gasteiger partial charge >= 0.3 is 0 Å². The van der Waals surface area contributed by atoms with Gasteiger partial charge in [0.2, 0.25) is 5.88 Å². The van der Waals surface area contributed by atoms with Gasteiger partial charge < -0.3 is 10.5 Å². The summed E-state index contributed by atoms with van der Waals surface area (Å²) in [6.45, 7) is 0.750. The summed E-state index contributed by atoms with van der Waals surface area (Å²) in [6, 6.07) is 3.01. The van der Waals surface area contributed by atoms with Crippen molar-refractivity contribution in [2.24, 2.45) is 0 Å². The molecule has 0 aliphatic rings. The van der Waals surface area contributed by atoms with Gasteiger partial charge in [0, 0.05) is 12.5 Å². The van der Waals surface area contributed by atoms with Gasteiger partial charge in [-0.25, -0.2) is 13.8 Å². The van der Waals surface area contributed by atoms with Crippen LogP contribution in [0.1, 0.15) is 13.3 Å². The van der Waals surface area contributed by atoms with E-state index < -0.39 is 12.5 Å². The predicted molar refractivity (Wildman–Crippen MR) is 49.4 cm³/mol. The molecule has 0 saturated carbocycles. The lowest BCUT2D eigenvalue weighted by Gasteiger charge is -2.14. The molecule has 0 amide bonds. The molecule has 0 spiro atoms. The minimum atomic E-state index is -2.80. The van der Waals surface area contributed by atoms with Crippen LogP contribution in [0.4, 0.5) is 14.5 Å². The summed E-state index contributed by atoms with van der Waals surface area (Å²) in [4.78, 5) is 3.74. The van der Waals surface area contributed by atoms with Crippen molar-refractivity contribution in [3.63, 3.8) is 0 Å². The Balaban J connectivity index is 2.50. The minimum absolute atomic E-state index is 0.160. The van der Waals surface area contributed by atoms with E-state index in [-0.39, 0.29) is 12.3 Å². The molecular formula is C9H12F2N2O. The number of halogens is 2. The SMILES string of the molecule is CCC(F)(F)COc1ccc(N)cn1. The van der Waals surface area contributed by atoms with Crippen molar-refractivity contribution in [3.8, 4) is 5.88 Å². The van der Waals surface area contributed by atoms with E-state index in [0.717, 1.165) is 0 Å². The molecule has 0 fully saturated rings. The van der Waals surface area contributed by atoms with Gasteiger partial charge in [0.05, 0.1) is 11.9 Å². The lowest BCUT2D eigenvalue weighted by atomic mass is 10.3. The topological polar surface area (TPSA) is 48.1 Å². The number of ether oxygens (including phenoxy) is 1. The lowest BCUT2D eigenvalue weighted by molar-refractivity contribution is -0.0447. The van der Waals surface area contributed by atoms with Gasteiger partial charge in [0.25, 0.3) is 5.92 Å². The molecule has 2 N–H and O–H groups in total. The van der Waals surface area contributed by atoms with E-state index >= 15 is 0 Å². The van der Waals surface area contributed by atoms with E-state index in [0.29, 0.717) is 5.69 Å². The molecule has 14 heavy (non-hydrogen) atoms. The number of anilines is 1. The van der Waals surface area contributed by atoms with Crippen LogP contribution in [0.5, 0.6) is 5.88 Å². The summed E-state index contributed by atoms with van der Waals surface area (Å²) >= 11 is 0. The Morgan fingerprint density at radius 3 is 2.71 bits per heavy atom. The van der Waals surface area contributed by atoms with Crippen molar-refractivity contribution < 1.29 is 13.5 Å². The van der Waals surface area contributed by atoms with E-state index in [1.807, 2.05) is 0 Å². The number of nitrogen functional groups attached to an aromatic ring is 1. The van der Waals surface area contributed by atoms with E-state index in [1.54, 1.807) is 6.07 Å². The van der Waals surface area contributed by atoms with Crippen LogP contribution >= 0.6 is 0 Å². The smallest absolute Gasteiger partial charge is 0.281 e. The van der Waals surface area contributed by atoms with Gasteiger partial charge in [0.15, 0.2) is 6.61 Å². The summed E-state index contributed by atoms with van der Waals surface area (Å²) < 4.78 is 30.3. The number of nitrogens with zero attached hydrogens (tertiary/aromatic N) is 1. The fraction of sp³-hybridized carbons (Fsp3) is 0.444. The van der Waals surface area contributed by atoms with Gasteiger partial charge in [-0.3, -0.25) is 0 Å². The number of nitrogens with two attached hydrogens (primary N) is 1. The highest BCUT2D eigenvalue weighted by Crippen LogP contribution is 2.19. The Morgan fingerprint density at radius 1 is 1.50 bits per heavy atom. The average molecular weight is 202 g/mol. The molecule has 0 aliphatic carbocycles. The highest BCUT2D eigenvalue weighted by Gasteiger charge is 2.27. The summed E-state index contributed by atoms with van der Waals surface area (Å²) in [6.07, 6.45) is 1.11. The van der Waals surface area contributed by atoms with Crippen LogP contribution in [0.15, 0.2) is 18.3 Å². The van der Waals surface area contributed by atoms with Crippen LogP contribution < -0.4 is 10.5 Å². The third-order valence-corrected chi connectivity index (χ3v) is 1.71. The molecule has 0 bridgehead atoms. The molecule has 1 heterocycles. The monoisotopic (exact) mass is 202 g/mol. The highest BCUT2D eigenvalue weighted by atomic mass is 19.3. The summed E-state index contributed by atoms with van der Waals surface area (Å²) in [5.74, 6) is -2.64. The highest BCUT2D eigenvalue weighted by molar-refractivity contribution is 5.35. The Morgan fingerprint density at radius 2 is 2.21 bits per heavy atom. The second-order valence-electron chi connectivity index (χ2n) is 2.93. The van der Waals surface area contributed by atoms with Crippen molar-refractivity contribution in [2.75, 3.05) is 12.3 Å². The summed E-state index contributed by atoms with van der Waals surface area (Å²) in [5.41, 5.74) is 5.84. The summed E-state index contributed by atoms with van der Waals surface area (Å²) in [7, 11) is 0. The average Bonchev–Trinajstić information content (AvgIpc) is 2.17. The molecule has 5 heteroatoms. The largest absolute Gasteiger partial charge is 0.471 e. The Hall–Kier alpha value is -1.39. The first-order chi connectivity index (χ1) is 6.53. The van der Waals surface area contributed by atoms with Gasteiger partial charge in [0.1, 0.15) is 0 Å². The molecule has 0 aliphatic heterocycles. The van der Waals surface area contributed by atoms with E-state index in [1.165, 1.54) is 19.2 Å². The maximum Gasteiger partial charge on any atom is 0.281 e. The third kappa shape index (κ3) is 3.16. The number of hydrogen-bond donors (Lipinski definition) is 1. The third-order valence-electron chi connectivity index (χ3n) is 1.71. The quantitative estimate of drug-likeness (QED) is 0.813. The normalized spacial score (nSPS) is 11.4. The fourth-order valence-corrected chi connectivity index (χ4v) is 0.759. The Labute approximate surface area is 80.9 Å². The maximum absolute atomic E-state index is 12.7. The molecular weight excluding hydrogens is 190 g/mol. The molecule has 0 unspecified atom stereocenters. The van der Waals surface area contributed by atoms with Crippen molar-refractivity contribution >= 4 is 5.69 Å². The van der Waals surface area contributed by atoms with Crippen LogP contribution in [0.25, 0.3) is 0 Å². The molecule has 3 nitrogen and oxygen atoms in total. The van der Waals surface area contributed by atoms with Crippen molar-refractivity contribution in [3.05, 3.63) is 18.3 Å². The molecule has 1 aromatic heterocycles. The molecule has 1 aromatic rings.